The Bertz CT molecular complexity index is 498. The van der Waals surface area contributed by atoms with Gasteiger partial charge in [-0.3, -0.25) is 4.57 Å². The number of hydrogen-bond donors (Lipinski definition) is 0. The van der Waals surface area contributed by atoms with Crippen molar-refractivity contribution in [3.05, 3.63) is 11.1 Å². The standard InChI is InChI=1S/C10H16ClN3O2S/c1-2-4-9-12-13-10(11)14(9)8-5-3-6-17(15,16)7-8/h8H,2-7H2,1H3. The maximum atomic E-state index is 11.6. The van der Waals surface area contributed by atoms with Crippen LogP contribution in [0, 0.1) is 0 Å². The first-order valence-corrected chi connectivity index (χ1v) is 8.03. The summed E-state index contributed by atoms with van der Waals surface area (Å²) in [7, 11) is -2.94. The Kier molecular flexibility index (Phi) is 3.73. The second-order valence-corrected chi connectivity index (χ2v) is 6.98. The third-order valence-corrected chi connectivity index (χ3v) is 5.06. The van der Waals surface area contributed by atoms with Crippen molar-refractivity contribution in [3.63, 3.8) is 0 Å². The Labute approximate surface area is 106 Å². The molecular formula is C10H16ClN3O2S. The summed E-state index contributed by atoms with van der Waals surface area (Å²) >= 11 is 6.00. The Morgan fingerprint density at radius 2 is 2.24 bits per heavy atom. The molecule has 0 aliphatic carbocycles. The van der Waals surface area contributed by atoms with Crippen molar-refractivity contribution in [2.24, 2.45) is 0 Å². The quantitative estimate of drug-likeness (QED) is 0.842. The summed E-state index contributed by atoms with van der Waals surface area (Å²) in [4.78, 5) is 0. The normalized spacial score (nSPS) is 23.8. The smallest absolute Gasteiger partial charge is 0.225 e. The van der Waals surface area contributed by atoms with Crippen LogP contribution in [0.5, 0.6) is 0 Å². The van der Waals surface area contributed by atoms with Gasteiger partial charge in [0.1, 0.15) is 5.82 Å². The van der Waals surface area contributed by atoms with Crippen LogP contribution in [0.1, 0.15) is 38.1 Å². The summed E-state index contributed by atoms with van der Waals surface area (Å²) in [5.41, 5.74) is 0. The molecule has 0 aromatic carbocycles. The topological polar surface area (TPSA) is 64.8 Å². The van der Waals surface area contributed by atoms with Gasteiger partial charge in [0.25, 0.3) is 0 Å². The molecule has 1 aliphatic heterocycles. The van der Waals surface area contributed by atoms with Crippen LogP contribution in [0.4, 0.5) is 0 Å². The van der Waals surface area contributed by atoms with Gasteiger partial charge in [0, 0.05) is 6.42 Å². The number of halogens is 1. The van der Waals surface area contributed by atoms with Crippen LogP contribution < -0.4 is 0 Å². The molecule has 0 bridgehead atoms. The van der Waals surface area contributed by atoms with Crippen LogP contribution in [-0.4, -0.2) is 34.7 Å². The van der Waals surface area contributed by atoms with E-state index in [1.54, 1.807) is 4.57 Å². The second-order valence-electron chi connectivity index (χ2n) is 4.42. The summed E-state index contributed by atoms with van der Waals surface area (Å²) in [6.07, 6.45) is 3.23. The van der Waals surface area contributed by atoms with Crippen molar-refractivity contribution in [3.8, 4) is 0 Å². The molecule has 1 aromatic rings. The van der Waals surface area contributed by atoms with Gasteiger partial charge < -0.3 is 0 Å². The van der Waals surface area contributed by atoms with Crippen LogP contribution in [0.3, 0.4) is 0 Å². The van der Waals surface area contributed by atoms with Crippen molar-refractivity contribution in [1.82, 2.24) is 14.8 Å². The number of sulfone groups is 1. The maximum absolute atomic E-state index is 11.6. The Hall–Kier alpha value is -0.620. The number of aromatic nitrogens is 3. The molecule has 96 valence electrons. The first-order valence-electron chi connectivity index (χ1n) is 5.83. The van der Waals surface area contributed by atoms with E-state index in [9.17, 15) is 8.42 Å². The van der Waals surface area contributed by atoms with Gasteiger partial charge in [0.05, 0.1) is 17.5 Å². The molecule has 2 heterocycles. The highest BCUT2D eigenvalue weighted by Gasteiger charge is 2.29. The molecule has 1 unspecified atom stereocenters. The lowest BCUT2D eigenvalue weighted by Crippen LogP contribution is -2.28. The van der Waals surface area contributed by atoms with Gasteiger partial charge in [0.2, 0.25) is 5.28 Å². The van der Waals surface area contributed by atoms with Crippen molar-refractivity contribution < 1.29 is 8.42 Å². The van der Waals surface area contributed by atoms with Gasteiger partial charge in [-0.1, -0.05) is 6.92 Å². The van der Waals surface area contributed by atoms with E-state index < -0.39 is 9.84 Å². The number of aryl methyl sites for hydroxylation is 1. The molecule has 5 nitrogen and oxygen atoms in total. The molecule has 17 heavy (non-hydrogen) atoms. The fourth-order valence-electron chi connectivity index (χ4n) is 2.26. The van der Waals surface area contributed by atoms with Crippen LogP contribution in [0.2, 0.25) is 5.28 Å². The minimum Gasteiger partial charge on any atom is -0.298 e. The average Bonchev–Trinajstić information content (AvgIpc) is 2.59. The highest BCUT2D eigenvalue weighted by molar-refractivity contribution is 7.91. The summed E-state index contributed by atoms with van der Waals surface area (Å²) in [6.45, 7) is 2.05. The zero-order valence-corrected chi connectivity index (χ0v) is 11.3. The van der Waals surface area contributed by atoms with Gasteiger partial charge in [0.15, 0.2) is 9.84 Å². The maximum Gasteiger partial charge on any atom is 0.225 e. The molecule has 1 aromatic heterocycles. The predicted octanol–water partition coefficient (Wildman–Crippen LogP) is 1.63. The molecule has 0 amide bonds. The van der Waals surface area contributed by atoms with E-state index in [-0.39, 0.29) is 17.5 Å². The van der Waals surface area contributed by atoms with E-state index in [1.807, 2.05) is 6.92 Å². The van der Waals surface area contributed by atoms with Crippen LogP contribution in [0.15, 0.2) is 0 Å². The zero-order chi connectivity index (χ0) is 12.5. The first-order chi connectivity index (χ1) is 8.03. The molecule has 1 saturated heterocycles. The summed E-state index contributed by atoms with van der Waals surface area (Å²) in [6, 6.07) is -0.0993. The molecule has 0 spiro atoms. The lowest BCUT2D eigenvalue weighted by molar-refractivity contribution is 0.456. The first kappa shape index (κ1) is 12.8. The molecule has 0 N–H and O–H groups in total. The van der Waals surface area contributed by atoms with E-state index in [0.29, 0.717) is 11.7 Å². The Balaban J connectivity index is 2.29. The molecule has 1 aliphatic rings. The predicted molar refractivity (Wildman–Crippen MR) is 66.0 cm³/mol. The third-order valence-electron chi connectivity index (χ3n) is 3.00. The lowest BCUT2D eigenvalue weighted by Gasteiger charge is -2.24. The van der Waals surface area contributed by atoms with E-state index >= 15 is 0 Å². The fraction of sp³-hybridized carbons (Fsp3) is 0.800. The minimum atomic E-state index is -2.94. The fourth-order valence-corrected chi connectivity index (χ4v) is 4.21. The van der Waals surface area contributed by atoms with E-state index in [1.165, 1.54) is 0 Å². The highest BCUT2D eigenvalue weighted by atomic mass is 35.5. The van der Waals surface area contributed by atoms with Gasteiger partial charge in [-0.15, -0.1) is 10.2 Å². The minimum absolute atomic E-state index is 0.0993. The molecule has 0 saturated carbocycles. The molecule has 7 heteroatoms. The van der Waals surface area contributed by atoms with E-state index in [2.05, 4.69) is 10.2 Å². The van der Waals surface area contributed by atoms with Crippen molar-refractivity contribution in [2.45, 2.75) is 38.6 Å². The van der Waals surface area contributed by atoms with Crippen molar-refractivity contribution in [1.29, 1.82) is 0 Å². The average molecular weight is 278 g/mol. The van der Waals surface area contributed by atoms with Crippen molar-refractivity contribution >= 4 is 21.4 Å². The van der Waals surface area contributed by atoms with Gasteiger partial charge >= 0.3 is 0 Å². The Morgan fingerprint density at radius 3 is 2.88 bits per heavy atom. The Morgan fingerprint density at radius 1 is 1.47 bits per heavy atom. The second kappa shape index (κ2) is 4.94. The van der Waals surface area contributed by atoms with Gasteiger partial charge in [-0.2, -0.15) is 0 Å². The van der Waals surface area contributed by atoms with Crippen LogP contribution >= 0.6 is 11.6 Å². The summed E-state index contributed by atoms with van der Waals surface area (Å²) in [5.74, 6) is 1.23. The van der Waals surface area contributed by atoms with Crippen LogP contribution in [0.25, 0.3) is 0 Å². The van der Waals surface area contributed by atoms with Gasteiger partial charge in [-0.05, 0) is 30.9 Å². The highest BCUT2D eigenvalue weighted by Crippen LogP contribution is 2.27. The van der Waals surface area contributed by atoms with E-state index in [0.717, 1.165) is 25.1 Å². The largest absolute Gasteiger partial charge is 0.298 e. The molecule has 1 fully saturated rings. The molecule has 2 rings (SSSR count). The monoisotopic (exact) mass is 277 g/mol. The van der Waals surface area contributed by atoms with Gasteiger partial charge in [-0.25, -0.2) is 8.42 Å². The zero-order valence-electron chi connectivity index (χ0n) is 9.76. The molecule has 0 radical (unpaired) electrons. The molecular weight excluding hydrogens is 262 g/mol. The third kappa shape index (κ3) is 2.80. The van der Waals surface area contributed by atoms with Crippen molar-refractivity contribution in [2.75, 3.05) is 11.5 Å². The number of nitrogens with zero attached hydrogens (tertiary/aromatic N) is 3. The van der Waals surface area contributed by atoms with E-state index in [4.69, 9.17) is 11.6 Å². The summed E-state index contributed by atoms with van der Waals surface area (Å²) in [5, 5.41) is 8.16. The number of rotatable bonds is 3. The number of hydrogen-bond acceptors (Lipinski definition) is 4. The summed E-state index contributed by atoms with van der Waals surface area (Å²) < 4.78 is 25.1. The van der Waals surface area contributed by atoms with Crippen LogP contribution in [-0.2, 0) is 16.3 Å². The SMILES string of the molecule is CCCc1nnc(Cl)n1C1CCCS(=O)(=O)C1. The lowest BCUT2D eigenvalue weighted by atomic mass is 10.2. The molecule has 1 atom stereocenters.